The van der Waals surface area contributed by atoms with E-state index >= 15 is 0 Å². The van der Waals surface area contributed by atoms with E-state index in [1.54, 1.807) is 4.90 Å². The summed E-state index contributed by atoms with van der Waals surface area (Å²) in [6.45, 7) is 2.84. The van der Waals surface area contributed by atoms with Gasteiger partial charge in [-0.25, -0.2) is 0 Å². The number of benzene rings is 1. The summed E-state index contributed by atoms with van der Waals surface area (Å²) >= 11 is 1.29. The molecule has 1 heterocycles. The highest BCUT2D eigenvalue weighted by molar-refractivity contribution is 8.13. The molecule has 2 amide bonds. The summed E-state index contributed by atoms with van der Waals surface area (Å²) in [5.74, 6) is 0.702. The monoisotopic (exact) mass is 318 g/mol. The Labute approximate surface area is 135 Å². The fourth-order valence-electron chi connectivity index (χ4n) is 3.14. The van der Waals surface area contributed by atoms with Crippen molar-refractivity contribution in [1.82, 2.24) is 10.2 Å². The first-order chi connectivity index (χ1) is 10.6. The molecular weight excluding hydrogens is 296 g/mol. The van der Waals surface area contributed by atoms with Crippen molar-refractivity contribution < 1.29 is 9.59 Å². The number of hydrogen-bond donors (Lipinski definition) is 1. The highest BCUT2D eigenvalue weighted by Crippen LogP contribution is 2.25. The number of carbonyl (C=O) groups is 2. The first-order valence-electron chi connectivity index (χ1n) is 7.96. The Morgan fingerprint density at radius 3 is 2.82 bits per heavy atom. The lowest BCUT2D eigenvalue weighted by molar-refractivity contribution is -0.122. The summed E-state index contributed by atoms with van der Waals surface area (Å²) in [5.41, 5.74) is 4.03. The molecule has 5 heteroatoms. The van der Waals surface area contributed by atoms with E-state index in [1.807, 2.05) is 6.92 Å². The van der Waals surface area contributed by atoms with Crippen LogP contribution in [0, 0.1) is 0 Å². The van der Waals surface area contributed by atoms with Gasteiger partial charge < -0.3 is 10.2 Å². The molecule has 1 aromatic rings. The number of nitrogens with one attached hydrogen (secondary N) is 1. The molecule has 4 nitrogen and oxygen atoms in total. The number of thioether (sulfide) groups is 1. The second-order valence-electron chi connectivity index (χ2n) is 6.06. The van der Waals surface area contributed by atoms with Gasteiger partial charge in [-0.05, 0) is 49.3 Å². The quantitative estimate of drug-likeness (QED) is 0.928. The number of fused-ring (bicyclic) bond motifs is 1. The summed E-state index contributed by atoms with van der Waals surface area (Å²) in [7, 11) is 0. The molecule has 0 bridgehead atoms. The summed E-state index contributed by atoms with van der Waals surface area (Å²) in [6.07, 6.45) is 4.85. The van der Waals surface area contributed by atoms with E-state index in [-0.39, 0.29) is 23.7 Å². The Balaban J connectivity index is 1.60. The van der Waals surface area contributed by atoms with E-state index in [0.717, 1.165) is 17.7 Å². The molecule has 0 aromatic heterocycles. The topological polar surface area (TPSA) is 49.4 Å². The molecule has 22 heavy (non-hydrogen) atoms. The van der Waals surface area contributed by atoms with Crippen LogP contribution in [0.1, 0.15) is 42.5 Å². The molecule has 1 fully saturated rings. The standard InChI is InChI=1S/C17H22N2O2S/c1-12(18-16(20)11-19-8-9-22-17(19)21)14-7-6-13-4-2-3-5-15(13)10-14/h6-7,10,12H,2-5,8-9,11H2,1H3,(H,18,20)/t12-/m1/s1. The van der Waals surface area contributed by atoms with Crippen LogP contribution < -0.4 is 5.32 Å². The van der Waals surface area contributed by atoms with Crippen LogP contribution in [0.15, 0.2) is 18.2 Å². The third-order valence-electron chi connectivity index (χ3n) is 4.43. The maximum Gasteiger partial charge on any atom is 0.282 e. The number of hydrogen-bond acceptors (Lipinski definition) is 3. The van der Waals surface area contributed by atoms with E-state index < -0.39 is 0 Å². The zero-order valence-corrected chi connectivity index (χ0v) is 13.7. The Hall–Kier alpha value is -1.49. The van der Waals surface area contributed by atoms with Crippen LogP contribution in [-0.2, 0) is 17.6 Å². The number of rotatable bonds is 4. The molecular formula is C17H22N2O2S. The second-order valence-corrected chi connectivity index (χ2v) is 7.11. The van der Waals surface area contributed by atoms with Crippen molar-refractivity contribution in [2.75, 3.05) is 18.8 Å². The van der Waals surface area contributed by atoms with E-state index in [9.17, 15) is 9.59 Å². The van der Waals surface area contributed by atoms with Gasteiger partial charge in [-0.1, -0.05) is 30.0 Å². The van der Waals surface area contributed by atoms with Crippen molar-refractivity contribution in [1.29, 1.82) is 0 Å². The maximum atomic E-state index is 12.1. The lowest BCUT2D eigenvalue weighted by Gasteiger charge is -2.21. The number of carbonyl (C=O) groups excluding carboxylic acids is 2. The average Bonchev–Trinajstić information content (AvgIpc) is 2.91. The predicted molar refractivity (Wildman–Crippen MR) is 89.1 cm³/mol. The number of amides is 2. The zero-order chi connectivity index (χ0) is 15.5. The highest BCUT2D eigenvalue weighted by atomic mass is 32.2. The maximum absolute atomic E-state index is 12.1. The molecule has 1 aliphatic carbocycles. The molecule has 118 valence electrons. The van der Waals surface area contributed by atoms with Crippen LogP contribution in [0.25, 0.3) is 0 Å². The van der Waals surface area contributed by atoms with E-state index in [1.165, 1.54) is 42.2 Å². The molecule has 2 aliphatic rings. The first-order valence-corrected chi connectivity index (χ1v) is 8.95. The Bertz CT molecular complexity index is 588. The summed E-state index contributed by atoms with van der Waals surface area (Å²) in [6, 6.07) is 6.53. The Kier molecular flexibility index (Phi) is 4.71. The molecule has 1 aliphatic heterocycles. The van der Waals surface area contributed by atoms with Crippen LogP contribution in [-0.4, -0.2) is 34.9 Å². The highest BCUT2D eigenvalue weighted by Gasteiger charge is 2.24. The lowest BCUT2D eigenvalue weighted by Crippen LogP contribution is -2.38. The molecule has 0 unspecified atom stereocenters. The van der Waals surface area contributed by atoms with Crippen LogP contribution in [0.4, 0.5) is 4.79 Å². The van der Waals surface area contributed by atoms with Gasteiger partial charge in [0.2, 0.25) is 5.91 Å². The average molecular weight is 318 g/mol. The minimum atomic E-state index is -0.0823. The van der Waals surface area contributed by atoms with Crippen LogP contribution >= 0.6 is 11.8 Å². The smallest absolute Gasteiger partial charge is 0.282 e. The van der Waals surface area contributed by atoms with Crippen molar-refractivity contribution in [3.8, 4) is 0 Å². The van der Waals surface area contributed by atoms with Gasteiger partial charge >= 0.3 is 0 Å². The van der Waals surface area contributed by atoms with Gasteiger partial charge in [0.05, 0.1) is 6.04 Å². The molecule has 1 aromatic carbocycles. The summed E-state index contributed by atoms with van der Waals surface area (Å²) < 4.78 is 0. The minimum absolute atomic E-state index is 0.0107. The SMILES string of the molecule is C[C@@H](NC(=O)CN1CCSC1=O)c1ccc2c(c1)CCCC2. The van der Waals surface area contributed by atoms with Gasteiger partial charge in [0, 0.05) is 12.3 Å². The zero-order valence-electron chi connectivity index (χ0n) is 12.9. The molecule has 1 saturated heterocycles. The Morgan fingerprint density at radius 2 is 2.09 bits per heavy atom. The van der Waals surface area contributed by atoms with Gasteiger partial charge in [0.1, 0.15) is 6.54 Å². The van der Waals surface area contributed by atoms with E-state index in [0.29, 0.717) is 6.54 Å². The van der Waals surface area contributed by atoms with Gasteiger partial charge in [0.15, 0.2) is 0 Å². The Morgan fingerprint density at radius 1 is 1.32 bits per heavy atom. The van der Waals surface area contributed by atoms with Crippen LogP contribution in [0.3, 0.4) is 0 Å². The van der Waals surface area contributed by atoms with Crippen LogP contribution in [0.5, 0.6) is 0 Å². The van der Waals surface area contributed by atoms with Crippen molar-refractivity contribution in [2.24, 2.45) is 0 Å². The van der Waals surface area contributed by atoms with Crippen molar-refractivity contribution in [3.63, 3.8) is 0 Å². The van der Waals surface area contributed by atoms with Crippen LogP contribution in [0.2, 0.25) is 0 Å². The van der Waals surface area contributed by atoms with E-state index in [2.05, 4.69) is 23.5 Å². The minimum Gasteiger partial charge on any atom is -0.348 e. The normalized spacial score (nSPS) is 19.0. The van der Waals surface area contributed by atoms with Gasteiger partial charge in [-0.15, -0.1) is 0 Å². The molecule has 0 radical (unpaired) electrons. The second kappa shape index (κ2) is 6.73. The number of nitrogens with zero attached hydrogens (tertiary/aromatic N) is 1. The fraction of sp³-hybridized carbons (Fsp3) is 0.529. The lowest BCUT2D eigenvalue weighted by atomic mass is 9.89. The first kappa shape index (κ1) is 15.4. The summed E-state index contributed by atoms with van der Waals surface area (Å²) in [5, 5.41) is 3.02. The van der Waals surface area contributed by atoms with Gasteiger partial charge in [-0.2, -0.15) is 0 Å². The molecule has 3 rings (SSSR count). The largest absolute Gasteiger partial charge is 0.348 e. The summed E-state index contributed by atoms with van der Waals surface area (Å²) in [4.78, 5) is 25.2. The molecule has 0 saturated carbocycles. The molecule has 0 spiro atoms. The predicted octanol–water partition coefficient (Wildman–Crippen LogP) is 2.91. The number of aryl methyl sites for hydroxylation is 2. The third kappa shape index (κ3) is 3.46. The van der Waals surface area contributed by atoms with Crippen molar-refractivity contribution >= 4 is 22.9 Å². The third-order valence-corrected chi connectivity index (χ3v) is 5.32. The van der Waals surface area contributed by atoms with Crippen molar-refractivity contribution in [2.45, 2.75) is 38.6 Å². The molecule has 1 N–H and O–H groups in total. The van der Waals surface area contributed by atoms with E-state index in [4.69, 9.17) is 0 Å². The van der Waals surface area contributed by atoms with Gasteiger partial charge in [-0.3, -0.25) is 9.59 Å². The molecule has 1 atom stereocenters. The van der Waals surface area contributed by atoms with Gasteiger partial charge in [0.25, 0.3) is 5.24 Å². The fourth-order valence-corrected chi connectivity index (χ4v) is 3.96. The van der Waals surface area contributed by atoms with Crippen molar-refractivity contribution in [3.05, 3.63) is 34.9 Å².